The van der Waals surface area contributed by atoms with Crippen molar-refractivity contribution in [2.75, 3.05) is 42.9 Å². The summed E-state index contributed by atoms with van der Waals surface area (Å²) in [5, 5.41) is 14.6. The molecule has 1 fully saturated rings. The molecular formula is C18H18Cl2N4O3. The van der Waals surface area contributed by atoms with Crippen molar-refractivity contribution >= 4 is 46.2 Å². The van der Waals surface area contributed by atoms with Gasteiger partial charge in [0.15, 0.2) is 0 Å². The average Bonchev–Trinajstić information content (AvgIpc) is 2.65. The van der Waals surface area contributed by atoms with E-state index in [0.717, 1.165) is 5.69 Å². The molecule has 0 unspecified atom stereocenters. The summed E-state index contributed by atoms with van der Waals surface area (Å²) in [5.41, 5.74) is 1.43. The zero-order valence-electron chi connectivity index (χ0n) is 14.4. The summed E-state index contributed by atoms with van der Waals surface area (Å²) in [4.78, 5) is 26.9. The van der Waals surface area contributed by atoms with E-state index in [1.807, 2.05) is 11.0 Å². The highest BCUT2D eigenvalue weighted by molar-refractivity contribution is 6.36. The van der Waals surface area contributed by atoms with Crippen molar-refractivity contribution in [3.05, 3.63) is 62.6 Å². The summed E-state index contributed by atoms with van der Waals surface area (Å²) in [6, 6.07) is 11.5. The third kappa shape index (κ3) is 5.09. The number of carbonyl (C=O) groups excluding carboxylic acids is 1. The van der Waals surface area contributed by atoms with E-state index in [1.165, 1.54) is 6.07 Å². The van der Waals surface area contributed by atoms with Gasteiger partial charge in [0, 0.05) is 49.0 Å². The molecule has 142 valence electrons. The summed E-state index contributed by atoms with van der Waals surface area (Å²) in [7, 11) is 0. The largest absolute Gasteiger partial charge is 0.369 e. The van der Waals surface area contributed by atoms with Gasteiger partial charge in [-0.25, -0.2) is 0 Å². The van der Waals surface area contributed by atoms with Crippen molar-refractivity contribution in [1.29, 1.82) is 0 Å². The molecule has 0 aliphatic carbocycles. The molecule has 1 N–H and O–H groups in total. The molecule has 0 bridgehead atoms. The fourth-order valence-corrected chi connectivity index (χ4v) is 3.41. The van der Waals surface area contributed by atoms with Crippen molar-refractivity contribution in [2.24, 2.45) is 0 Å². The molecule has 0 radical (unpaired) electrons. The van der Waals surface area contributed by atoms with Crippen LogP contribution in [0.1, 0.15) is 0 Å². The van der Waals surface area contributed by atoms with Gasteiger partial charge in [-0.05, 0) is 24.3 Å². The number of nitrogens with one attached hydrogen (secondary N) is 1. The van der Waals surface area contributed by atoms with Crippen LogP contribution in [-0.2, 0) is 4.79 Å². The number of nitro benzene ring substituents is 1. The first-order valence-electron chi connectivity index (χ1n) is 8.39. The number of non-ortho nitro benzene ring substituents is 1. The molecule has 2 aromatic rings. The van der Waals surface area contributed by atoms with Crippen LogP contribution in [0.25, 0.3) is 0 Å². The molecule has 0 atom stereocenters. The predicted octanol–water partition coefficient (Wildman–Crippen LogP) is 3.66. The lowest BCUT2D eigenvalue weighted by Gasteiger charge is -2.35. The number of benzene rings is 2. The van der Waals surface area contributed by atoms with Crippen LogP contribution in [0.15, 0.2) is 42.5 Å². The Hall–Kier alpha value is -2.35. The first kappa shape index (κ1) is 19.4. The van der Waals surface area contributed by atoms with Gasteiger partial charge in [0.05, 0.1) is 22.2 Å². The lowest BCUT2D eigenvalue weighted by Crippen LogP contribution is -2.48. The molecule has 3 rings (SSSR count). The Bertz CT molecular complexity index is 854. The molecule has 1 amide bonds. The van der Waals surface area contributed by atoms with Crippen LogP contribution >= 0.6 is 23.2 Å². The van der Waals surface area contributed by atoms with Crippen LogP contribution in [0.2, 0.25) is 10.0 Å². The van der Waals surface area contributed by atoms with E-state index < -0.39 is 4.92 Å². The van der Waals surface area contributed by atoms with Crippen LogP contribution < -0.4 is 10.2 Å². The average molecular weight is 409 g/mol. The number of nitrogens with zero attached hydrogens (tertiary/aromatic N) is 3. The van der Waals surface area contributed by atoms with Crippen LogP contribution in [0.5, 0.6) is 0 Å². The minimum atomic E-state index is -0.397. The smallest absolute Gasteiger partial charge is 0.271 e. The highest BCUT2D eigenvalue weighted by Gasteiger charge is 2.20. The number of rotatable bonds is 5. The highest BCUT2D eigenvalue weighted by atomic mass is 35.5. The van der Waals surface area contributed by atoms with Gasteiger partial charge in [-0.3, -0.25) is 19.8 Å². The first-order valence-corrected chi connectivity index (χ1v) is 9.14. The fourth-order valence-electron chi connectivity index (χ4n) is 2.95. The van der Waals surface area contributed by atoms with E-state index in [4.69, 9.17) is 23.2 Å². The number of anilines is 2. The monoisotopic (exact) mass is 408 g/mol. The molecule has 0 spiro atoms. The minimum absolute atomic E-state index is 0.0779. The molecule has 1 saturated heterocycles. The first-order chi connectivity index (χ1) is 12.9. The quantitative estimate of drug-likeness (QED) is 0.602. The number of piperazine rings is 1. The number of nitro groups is 1. The predicted molar refractivity (Wildman–Crippen MR) is 107 cm³/mol. The Labute approximate surface area is 166 Å². The Morgan fingerprint density at radius 1 is 1.11 bits per heavy atom. The van der Waals surface area contributed by atoms with Gasteiger partial charge in [-0.1, -0.05) is 29.3 Å². The van der Waals surface area contributed by atoms with Crippen molar-refractivity contribution in [2.45, 2.75) is 0 Å². The molecule has 1 aliphatic rings. The molecular weight excluding hydrogens is 391 g/mol. The topological polar surface area (TPSA) is 78.7 Å². The maximum atomic E-state index is 12.3. The summed E-state index contributed by atoms with van der Waals surface area (Å²) in [6.07, 6.45) is 0. The maximum absolute atomic E-state index is 12.3. The third-order valence-corrected chi connectivity index (χ3v) is 4.90. The number of hydrogen-bond acceptors (Lipinski definition) is 5. The standard InChI is InChI=1S/C18H18Cl2N4O3/c19-13-4-5-17(16(20)10-13)21-18(25)12-22-6-8-23(9-7-22)14-2-1-3-15(11-14)24(26)27/h1-5,10-11H,6-9,12H2,(H,21,25). The summed E-state index contributed by atoms with van der Waals surface area (Å²) >= 11 is 11.9. The molecule has 0 aromatic heterocycles. The zero-order chi connectivity index (χ0) is 19.4. The summed E-state index contributed by atoms with van der Waals surface area (Å²) in [6.45, 7) is 3.00. The van der Waals surface area contributed by atoms with E-state index in [0.29, 0.717) is 41.9 Å². The van der Waals surface area contributed by atoms with Crippen LogP contribution in [-0.4, -0.2) is 48.5 Å². The number of carbonyl (C=O) groups is 1. The van der Waals surface area contributed by atoms with E-state index in [9.17, 15) is 14.9 Å². The van der Waals surface area contributed by atoms with E-state index in [1.54, 1.807) is 30.3 Å². The van der Waals surface area contributed by atoms with Crippen molar-refractivity contribution < 1.29 is 9.72 Å². The molecule has 1 aliphatic heterocycles. The second-order valence-corrected chi connectivity index (χ2v) is 7.06. The number of halogens is 2. The van der Waals surface area contributed by atoms with E-state index in [-0.39, 0.29) is 18.1 Å². The van der Waals surface area contributed by atoms with Gasteiger partial charge < -0.3 is 10.2 Å². The third-order valence-electron chi connectivity index (χ3n) is 4.35. The molecule has 7 nitrogen and oxygen atoms in total. The van der Waals surface area contributed by atoms with Crippen LogP contribution in [0.4, 0.5) is 17.1 Å². The lowest BCUT2D eigenvalue weighted by atomic mass is 10.2. The van der Waals surface area contributed by atoms with Gasteiger partial charge in [0.1, 0.15) is 0 Å². The maximum Gasteiger partial charge on any atom is 0.271 e. The molecule has 9 heteroatoms. The molecule has 0 saturated carbocycles. The fraction of sp³-hybridized carbons (Fsp3) is 0.278. The second-order valence-electron chi connectivity index (χ2n) is 6.21. The van der Waals surface area contributed by atoms with Gasteiger partial charge in [-0.15, -0.1) is 0 Å². The lowest BCUT2D eigenvalue weighted by molar-refractivity contribution is -0.384. The SMILES string of the molecule is O=C(CN1CCN(c2cccc([N+](=O)[O-])c2)CC1)Nc1ccc(Cl)cc1Cl. The van der Waals surface area contributed by atoms with Gasteiger partial charge in [0.2, 0.25) is 5.91 Å². The van der Waals surface area contributed by atoms with Gasteiger partial charge in [0.25, 0.3) is 5.69 Å². The van der Waals surface area contributed by atoms with Crippen LogP contribution in [0.3, 0.4) is 0 Å². The van der Waals surface area contributed by atoms with E-state index in [2.05, 4.69) is 10.2 Å². The second kappa shape index (κ2) is 8.56. The molecule has 2 aromatic carbocycles. The highest BCUT2D eigenvalue weighted by Crippen LogP contribution is 2.25. The zero-order valence-corrected chi connectivity index (χ0v) is 15.9. The van der Waals surface area contributed by atoms with Crippen molar-refractivity contribution in [3.8, 4) is 0 Å². The summed E-state index contributed by atoms with van der Waals surface area (Å²) in [5.74, 6) is -0.150. The van der Waals surface area contributed by atoms with Gasteiger partial charge in [-0.2, -0.15) is 0 Å². The van der Waals surface area contributed by atoms with Crippen molar-refractivity contribution in [1.82, 2.24) is 4.90 Å². The van der Waals surface area contributed by atoms with Gasteiger partial charge >= 0.3 is 0 Å². The number of amides is 1. The van der Waals surface area contributed by atoms with E-state index >= 15 is 0 Å². The summed E-state index contributed by atoms with van der Waals surface area (Å²) < 4.78 is 0. The Balaban J connectivity index is 1.52. The Morgan fingerprint density at radius 3 is 2.52 bits per heavy atom. The van der Waals surface area contributed by atoms with Crippen LogP contribution in [0, 0.1) is 10.1 Å². The normalized spacial score (nSPS) is 14.8. The Kier molecular flexibility index (Phi) is 6.15. The Morgan fingerprint density at radius 2 is 1.85 bits per heavy atom. The minimum Gasteiger partial charge on any atom is -0.369 e. The molecule has 1 heterocycles. The number of hydrogen-bond donors (Lipinski definition) is 1. The van der Waals surface area contributed by atoms with Crippen molar-refractivity contribution in [3.63, 3.8) is 0 Å². The molecule has 27 heavy (non-hydrogen) atoms.